The molecule has 13 heavy (non-hydrogen) atoms. The van der Waals surface area contributed by atoms with Crippen molar-refractivity contribution in [1.29, 1.82) is 5.26 Å². The molecule has 1 aromatic rings. The number of furan rings is 1. The molecule has 0 saturated carbocycles. The van der Waals surface area contributed by atoms with Gasteiger partial charge in [-0.25, -0.2) is 0 Å². The Bertz CT molecular complexity index is 337. The standard InChI is InChI=1S/C8H8N2O3/c9-3-6-1-2-7(13-6)4-10-5-8(11)12/h1-2,10H,4-5H2,(H,11,12). The van der Waals surface area contributed by atoms with E-state index in [0.717, 1.165) is 0 Å². The first-order valence-corrected chi connectivity index (χ1v) is 3.63. The molecule has 0 unspecified atom stereocenters. The highest BCUT2D eigenvalue weighted by Gasteiger charge is 2.01. The van der Waals surface area contributed by atoms with Gasteiger partial charge in [-0.2, -0.15) is 5.26 Å². The van der Waals surface area contributed by atoms with Crippen LogP contribution in [0.25, 0.3) is 0 Å². The van der Waals surface area contributed by atoms with Gasteiger partial charge in [0.1, 0.15) is 11.8 Å². The van der Waals surface area contributed by atoms with Crippen LogP contribution in [0.1, 0.15) is 11.5 Å². The molecule has 1 heterocycles. The maximum atomic E-state index is 10.1. The minimum atomic E-state index is -0.924. The van der Waals surface area contributed by atoms with Gasteiger partial charge in [0.05, 0.1) is 13.1 Å². The van der Waals surface area contributed by atoms with Crippen LogP contribution in [0.4, 0.5) is 0 Å². The molecule has 2 N–H and O–H groups in total. The van der Waals surface area contributed by atoms with E-state index in [-0.39, 0.29) is 12.3 Å². The number of hydrogen-bond acceptors (Lipinski definition) is 4. The van der Waals surface area contributed by atoms with Crippen molar-refractivity contribution in [2.75, 3.05) is 6.54 Å². The molecular formula is C8H8N2O3. The monoisotopic (exact) mass is 180 g/mol. The van der Waals surface area contributed by atoms with Gasteiger partial charge in [-0.3, -0.25) is 10.1 Å². The van der Waals surface area contributed by atoms with Crippen LogP contribution >= 0.6 is 0 Å². The summed E-state index contributed by atoms with van der Waals surface area (Å²) in [5.41, 5.74) is 0. The van der Waals surface area contributed by atoms with Crippen molar-refractivity contribution in [3.63, 3.8) is 0 Å². The first kappa shape index (κ1) is 9.29. The maximum absolute atomic E-state index is 10.1. The van der Waals surface area contributed by atoms with E-state index in [9.17, 15) is 4.79 Å². The van der Waals surface area contributed by atoms with E-state index in [0.29, 0.717) is 12.3 Å². The first-order chi connectivity index (χ1) is 6.22. The van der Waals surface area contributed by atoms with E-state index in [1.165, 1.54) is 6.07 Å². The summed E-state index contributed by atoms with van der Waals surface area (Å²) >= 11 is 0. The average Bonchev–Trinajstić information content (AvgIpc) is 2.52. The van der Waals surface area contributed by atoms with Crippen LogP contribution in [0, 0.1) is 11.3 Å². The molecule has 0 aliphatic carbocycles. The van der Waals surface area contributed by atoms with Crippen LogP contribution in [0.3, 0.4) is 0 Å². The number of nitriles is 1. The Hall–Kier alpha value is -1.80. The Labute approximate surface area is 74.6 Å². The van der Waals surface area contributed by atoms with E-state index in [1.54, 1.807) is 6.07 Å². The van der Waals surface area contributed by atoms with Gasteiger partial charge in [0.15, 0.2) is 0 Å². The minimum Gasteiger partial charge on any atom is -0.480 e. The molecule has 0 aromatic carbocycles. The molecule has 0 aliphatic rings. The number of aliphatic carboxylic acids is 1. The van der Waals surface area contributed by atoms with Crippen LogP contribution < -0.4 is 5.32 Å². The molecule has 1 rings (SSSR count). The number of nitrogens with zero attached hydrogens (tertiary/aromatic N) is 1. The zero-order chi connectivity index (χ0) is 9.68. The van der Waals surface area contributed by atoms with E-state index in [2.05, 4.69) is 5.32 Å². The summed E-state index contributed by atoms with van der Waals surface area (Å²) in [4.78, 5) is 10.1. The van der Waals surface area contributed by atoms with Crippen molar-refractivity contribution in [1.82, 2.24) is 5.32 Å². The van der Waals surface area contributed by atoms with Gasteiger partial charge in [0.25, 0.3) is 0 Å². The molecule has 0 amide bonds. The molecule has 0 saturated heterocycles. The third kappa shape index (κ3) is 2.97. The molecule has 5 nitrogen and oxygen atoms in total. The first-order valence-electron chi connectivity index (χ1n) is 3.63. The van der Waals surface area contributed by atoms with Gasteiger partial charge < -0.3 is 9.52 Å². The summed E-state index contributed by atoms with van der Waals surface area (Å²) < 4.78 is 5.00. The number of carboxylic acid groups (broad SMARTS) is 1. The van der Waals surface area contributed by atoms with Crippen LogP contribution in [0.2, 0.25) is 0 Å². The van der Waals surface area contributed by atoms with Gasteiger partial charge >= 0.3 is 5.97 Å². The number of carbonyl (C=O) groups is 1. The summed E-state index contributed by atoms with van der Waals surface area (Å²) in [6.07, 6.45) is 0. The fraction of sp³-hybridized carbons (Fsp3) is 0.250. The van der Waals surface area contributed by atoms with Crippen molar-refractivity contribution in [3.05, 3.63) is 23.7 Å². The average molecular weight is 180 g/mol. The van der Waals surface area contributed by atoms with Crippen LogP contribution in [0.5, 0.6) is 0 Å². The Morgan fingerprint density at radius 1 is 1.69 bits per heavy atom. The molecule has 5 heteroatoms. The smallest absolute Gasteiger partial charge is 0.317 e. The SMILES string of the molecule is N#Cc1ccc(CNCC(=O)O)o1. The van der Waals surface area contributed by atoms with Crippen molar-refractivity contribution in [2.24, 2.45) is 0 Å². The molecular weight excluding hydrogens is 172 g/mol. The van der Waals surface area contributed by atoms with Crippen molar-refractivity contribution >= 4 is 5.97 Å². The van der Waals surface area contributed by atoms with Crippen LogP contribution in [-0.4, -0.2) is 17.6 Å². The molecule has 1 aromatic heterocycles. The summed E-state index contributed by atoms with van der Waals surface area (Å²) in [5, 5.41) is 19.3. The Morgan fingerprint density at radius 2 is 2.46 bits per heavy atom. The van der Waals surface area contributed by atoms with E-state index < -0.39 is 5.97 Å². The number of rotatable bonds is 4. The van der Waals surface area contributed by atoms with Crippen LogP contribution in [-0.2, 0) is 11.3 Å². The highest BCUT2D eigenvalue weighted by Crippen LogP contribution is 2.05. The van der Waals surface area contributed by atoms with Crippen molar-refractivity contribution in [3.8, 4) is 6.07 Å². The van der Waals surface area contributed by atoms with Gasteiger partial charge in [-0.05, 0) is 12.1 Å². The van der Waals surface area contributed by atoms with Gasteiger partial charge in [0, 0.05) is 0 Å². The lowest BCUT2D eigenvalue weighted by atomic mass is 10.4. The van der Waals surface area contributed by atoms with Gasteiger partial charge in [-0.15, -0.1) is 0 Å². The fourth-order valence-electron chi connectivity index (χ4n) is 0.826. The largest absolute Gasteiger partial charge is 0.480 e. The Kier molecular flexibility index (Phi) is 3.06. The molecule has 0 aliphatic heterocycles. The van der Waals surface area contributed by atoms with Crippen molar-refractivity contribution < 1.29 is 14.3 Å². The highest BCUT2D eigenvalue weighted by molar-refractivity contribution is 5.68. The molecule has 0 fully saturated rings. The van der Waals surface area contributed by atoms with Gasteiger partial charge in [-0.1, -0.05) is 0 Å². The predicted molar refractivity (Wildman–Crippen MR) is 42.8 cm³/mol. The summed E-state index contributed by atoms with van der Waals surface area (Å²) in [7, 11) is 0. The van der Waals surface area contributed by atoms with E-state index >= 15 is 0 Å². The predicted octanol–water partition coefficient (Wildman–Crippen LogP) is 0.325. The highest BCUT2D eigenvalue weighted by atomic mass is 16.4. The molecule has 0 atom stereocenters. The second-order valence-electron chi connectivity index (χ2n) is 2.38. The zero-order valence-electron chi connectivity index (χ0n) is 6.78. The maximum Gasteiger partial charge on any atom is 0.317 e. The molecule has 68 valence electrons. The number of carboxylic acids is 1. The number of nitrogens with one attached hydrogen (secondary N) is 1. The Balaban J connectivity index is 2.38. The van der Waals surface area contributed by atoms with E-state index in [1.807, 2.05) is 6.07 Å². The Morgan fingerprint density at radius 3 is 3.00 bits per heavy atom. The summed E-state index contributed by atoms with van der Waals surface area (Å²) in [5.74, 6) is -0.142. The lowest BCUT2D eigenvalue weighted by molar-refractivity contribution is -0.136. The summed E-state index contributed by atoms with van der Waals surface area (Å²) in [6.45, 7) is 0.191. The van der Waals surface area contributed by atoms with Crippen molar-refractivity contribution in [2.45, 2.75) is 6.54 Å². The molecule has 0 spiro atoms. The molecule has 0 radical (unpaired) electrons. The third-order valence-corrected chi connectivity index (χ3v) is 1.35. The third-order valence-electron chi connectivity index (χ3n) is 1.35. The van der Waals surface area contributed by atoms with E-state index in [4.69, 9.17) is 14.8 Å². The quantitative estimate of drug-likeness (QED) is 0.697. The second-order valence-corrected chi connectivity index (χ2v) is 2.38. The fourth-order valence-corrected chi connectivity index (χ4v) is 0.826. The zero-order valence-corrected chi connectivity index (χ0v) is 6.78. The lowest BCUT2D eigenvalue weighted by Gasteiger charge is -1.96. The normalized spacial score (nSPS) is 9.46. The second kappa shape index (κ2) is 4.28. The topological polar surface area (TPSA) is 86.3 Å². The minimum absolute atomic E-state index is 0.122. The van der Waals surface area contributed by atoms with Gasteiger partial charge in [0.2, 0.25) is 5.76 Å². The number of hydrogen-bond donors (Lipinski definition) is 2. The lowest BCUT2D eigenvalue weighted by Crippen LogP contribution is -2.21. The van der Waals surface area contributed by atoms with Crippen LogP contribution in [0.15, 0.2) is 16.5 Å². The summed E-state index contributed by atoms with van der Waals surface area (Å²) in [6, 6.07) is 5.01. The molecule has 0 bridgehead atoms.